The SMILES string of the molecule is CCc1nnc2sc(-c3ccc(NC(=O)c4ccc(OC)c([N+](=O)[O-])c4)cc3)nn12. The van der Waals surface area contributed by atoms with E-state index in [2.05, 4.69) is 20.6 Å². The van der Waals surface area contributed by atoms with E-state index in [1.165, 1.54) is 36.6 Å². The minimum absolute atomic E-state index is 0.0946. The third-order valence-corrected chi connectivity index (χ3v) is 5.35. The number of hydrogen-bond donors (Lipinski definition) is 1. The van der Waals surface area contributed by atoms with Crippen LogP contribution in [0.15, 0.2) is 42.5 Å². The number of fused-ring (bicyclic) bond motifs is 1. The highest BCUT2D eigenvalue weighted by molar-refractivity contribution is 7.19. The monoisotopic (exact) mass is 424 g/mol. The van der Waals surface area contributed by atoms with Crippen LogP contribution in [0.2, 0.25) is 0 Å². The van der Waals surface area contributed by atoms with E-state index in [0.29, 0.717) is 5.69 Å². The number of benzene rings is 2. The molecule has 2 aromatic heterocycles. The molecule has 0 aliphatic carbocycles. The van der Waals surface area contributed by atoms with Crippen LogP contribution in [0.5, 0.6) is 5.75 Å². The Morgan fingerprint density at radius 1 is 1.23 bits per heavy atom. The van der Waals surface area contributed by atoms with Gasteiger partial charge in [0.05, 0.1) is 12.0 Å². The number of ether oxygens (including phenoxy) is 1. The van der Waals surface area contributed by atoms with E-state index in [1.807, 2.05) is 19.1 Å². The van der Waals surface area contributed by atoms with Crippen LogP contribution in [-0.2, 0) is 6.42 Å². The number of amides is 1. The Bertz CT molecular complexity index is 1250. The summed E-state index contributed by atoms with van der Waals surface area (Å²) in [7, 11) is 1.34. The molecule has 0 bridgehead atoms. The molecular formula is C19H16N6O4S. The molecule has 0 unspecified atom stereocenters. The fourth-order valence-electron chi connectivity index (χ4n) is 2.87. The third kappa shape index (κ3) is 3.57. The van der Waals surface area contributed by atoms with Gasteiger partial charge in [0.2, 0.25) is 4.96 Å². The standard InChI is InChI=1S/C19H16N6O4S/c1-3-16-21-22-19-24(16)23-18(30-19)11-4-7-13(8-5-11)20-17(26)12-6-9-15(29-2)14(10-12)25(27)28/h4-10H,3H2,1-2H3,(H,20,26). The molecule has 152 valence electrons. The molecule has 1 N–H and O–H groups in total. The number of nitro benzene ring substituents is 1. The van der Waals surface area contributed by atoms with Gasteiger partial charge in [-0.1, -0.05) is 18.3 Å². The zero-order valence-corrected chi connectivity index (χ0v) is 16.8. The Morgan fingerprint density at radius 3 is 2.67 bits per heavy atom. The van der Waals surface area contributed by atoms with Gasteiger partial charge in [-0.25, -0.2) is 0 Å². The van der Waals surface area contributed by atoms with Crippen LogP contribution >= 0.6 is 11.3 Å². The largest absolute Gasteiger partial charge is 0.490 e. The number of rotatable bonds is 6. The molecule has 0 aliphatic rings. The Hall–Kier alpha value is -3.86. The molecule has 0 saturated carbocycles. The van der Waals surface area contributed by atoms with Gasteiger partial charge in [0.1, 0.15) is 5.01 Å². The first-order chi connectivity index (χ1) is 14.5. The summed E-state index contributed by atoms with van der Waals surface area (Å²) in [6, 6.07) is 11.2. The summed E-state index contributed by atoms with van der Waals surface area (Å²) in [5.74, 6) is 0.432. The van der Waals surface area contributed by atoms with E-state index in [9.17, 15) is 14.9 Å². The van der Waals surface area contributed by atoms with Crippen LogP contribution < -0.4 is 10.1 Å². The predicted octanol–water partition coefficient (Wildman–Crippen LogP) is 3.58. The Morgan fingerprint density at radius 2 is 2.00 bits per heavy atom. The third-order valence-electron chi connectivity index (χ3n) is 4.40. The second kappa shape index (κ2) is 7.87. The smallest absolute Gasteiger partial charge is 0.311 e. The van der Waals surface area contributed by atoms with Crippen molar-refractivity contribution in [3.8, 4) is 16.3 Å². The van der Waals surface area contributed by atoms with E-state index in [1.54, 1.807) is 16.6 Å². The number of nitrogens with zero attached hydrogens (tertiary/aromatic N) is 5. The molecule has 0 atom stereocenters. The quantitative estimate of drug-likeness (QED) is 0.370. The highest BCUT2D eigenvalue weighted by atomic mass is 32.1. The first kappa shape index (κ1) is 19.5. The van der Waals surface area contributed by atoms with Crippen LogP contribution in [0, 0.1) is 10.1 Å². The van der Waals surface area contributed by atoms with Crippen molar-refractivity contribution in [3.63, 3.8) is 0 Å². The normalized spacial score (nSPS) is 10.9. The molecule has 30 heavy (non-hydrogen) atoms. The van der Waals surface area contributed by atoms with Crippen LogP contribution in [0.1, 0.15) is 23.1 Å². The Labute approximate surface area is 174 Å². The lowest BCUT2D eigenvalue weighted by Crippen LogP contribution is -2.12. The molecule has 1 amide bonds. The summed E-state index contributed by atoms with van der Waals surface area (Å²) < 4.78 is 6.69. The molecule has 4 aromatic rings. The fourth-order valence-corrected chi connectivity index (χ4v) is 3.73. The van der Waals surface area contributed by atoms with Crippen molar-refractivity contribution < 1.29 is 14.5 Å². The molecule has 4 rings (SSSR count). The lowest BCUT2D eigenvalue weighted by Gasteiger charge is -2.07. The van der Waals surface area contributed by atoms with Gasteiger partial charge in [-0.15, -0.1) is 10.2 Å². The predicted molar refractivity (Wildman–Crippen MR) is 111 cm³/mol. The molecule has 2 aromatic carbocycles. The van der Waals surface area contributed by atoms with Gasteiger partial charge >= 0.3 is 5.69 Å². The summed E-state index contributed by atoms with van der Waals surface area (Å²) in [6.07, 6.45) is 0.735. The molecule has 0 aliphatic heterocycles. The van der Waals surface area contributed by atoms with Crippen LogP contribution in [0.25, 0.3) is 15.5 Å². The minimum atomic E-state index is -0.589. The number of nitro groups is 1. The molecule has 11 heteroatoms. The van der Waals surface area contributed by atoms with Gasteiger partial charge in [-0.3, -0.25) is 14.9 Å². The topological polar surface area (TPSA) is 125 Å². The first-order valence-electron chi connectivity index (χ1n) is 8.95. The van der Waals surface area contributed by atoms with Crippen LogP contribution in [-0.4, -0.2) is 37.8 Å². The minimum Gasteiger partial charge on any atom is -0.490 e. The highest BCUT2D eigenvalue weighted by Crippen LogP contribution is 2.29. The highest BCUT2D eigenvalue weighted by Gasteiger charge is 2.18. The maximum Gasteiger partial charge on any atom is 0.311 e. The maximum absolute atomic E-state index is 12.5. The van der Waals surface area contributed by atoms with Gasteiger partial charge in [-0.05, 0) is 36.4 Å². The van der Waals surface area contributed by atoms with Crippen molar-refractivity contribution in [3.05, 3.63) is 64.0 Å². The lowest BCUT2D eigenvalue weighted by atomic mass is 10.1. The maximum atomic E-state index is 12.5. The van der Waals surface area contributed by atoms with Gasteiger partial charge in [0.15, 0.2) is 11.6 Å². The van der Waals surface area contributed by atoms with Crippen molar-refractivity contribution in [1.82, 2.24) is 19.8 Å². The first-order valence-corrected chi connectivity index (χ1v) is 9.77. The number of methoxy groups -OCH3 is 1. The number of aryl methyl sites for hydroxylation is 1. The average molecular weight is 424 g/mol. The van der Waals surface area contributed by atoms with E-state index in [0.717, 1.165) is 27.8 Å². The fraction of sp³-hybridized carbons (Fsp3) is 0.158. The second-order valence-corrected chi connectivity index (χ2v) is 7.20. The summed E-state index contributed by atoms with van der Waals surface area (Å²) in [5.41, 5.74) is 1.33. The molecule has 0 fully saturated rings. The zero-order valence-electron chi connectivity index (χ0n) is 16.0. The zero-order chi connectivity index (χ0) is 21.3. The van der Waals surface area contributed by atoms with Crippen molar-refractivity contribution >= 4 is 33.6 Å². The van der Waals surface area contributed by atoms with E-state index >= 15 is 0 Å². The molecule has 0 saturated heterocycles. The summed E-state index contributed by atoms with van der Waals surface area (Å²) in [5, 5.41) is 27.4. The van der Waals surface area contributed by atoms with E-state index in [4.69, 9.17) is 4.74 Å². The number of carbonyl (C=O) groups is 1. The van der Waals surface area contributed by atoms with Gasteiger partial charge in [0.25, 0.3) is 5.91 Å². The van der Waals surface area contributed by atoms with E-state index < -0.39 is 10.8 Å². The van der Waals surface area contributed by atoms with Crippen LogP contribution in [0.4, 0.5) is 11.4 Å². The Kier molecular flexibility index (Phi) is 5.11. The average Bonchev–Trinajstić information content (AvgIpc) is 3.34. The molecular weight excluding hydrogens is 408 g/mol. The van der Waals surface area contributed by atoms with Crippen molar-refractivity contribution in [2.75, 3.05) is 12.4 Å². The molecule has 0 radical (unpaired) electrons. The summed E-state index contributed by atoms with van der Waals surface area (Å²) >= 11 is 1.43. The van der Waals surface area contributed by atoms with Gasteiger partial charge in [0, 0.05) is 29.3 Å². The van der Waals surface area contributed by atoms with Crippen molar-refractivity contribution in [1.29, 1.82) is 0 Å². The molecule has 10 nitrogen and oxygen atoms in total. The van der Waals surface area contributed by atoms with Crippen molar-refractivity contribution in [2.45, 2.75) is 13.3 Å². The molecule has 2 heterocycles. The summed E-state index contributed by atoms with van der Waals surface area (Å²) in [6.45, 7) is 1.99. The lowest BCUT2D eigenvalue weighted by molar-refractivity contribution is -0.385. The number of nitrogens with one attached hydrogen (secondary N) is 1. The molecule has 0 spiro atoms. The number of aromatic nitrogens is 4. The number of hydrogen-bond acceptors (Lipinski definition) is 8. The second-order valence-electron chi connectivity index (χ2n) is 6.25. The van der Waals surface area contributed by atoms with Gasteiger partial charge in [-0.2, -0.15) is 9.61 Å². The summed E-state index contributed by atoms with van der Waals surface area (Å²) in [4.78, 5) is 23.8. The Balaban J connectivity index is 1.53. The number of carbonyl (C=O) groups excluding carboxylic acids is 1. The van der Waals surface area contributed by atoms with E-state index in [-0.39, 0.29) is 17.0 Å². The van der Waals surface area contributed by atoms with Crippen molar-refractivity contribution in [2.24, 2.45) is 0 Å². The van der Waals surface area contributed by atoms with Crippen LogP contribution in [0.3, 0.4) is 0 Å². The van der Waals surface area contributed by atoms with Gasteiger partial charge < -0.3 is 10.1 Å². The number of anilines is 1.